The minimum absolute atomic E-state index is 0.0189. The van der Waals surface area contributed by atoms with Gasteiger partial charge >= 0.3 is 0 Å². The van der Waals surface area contributed by atoms with E-state index in [1.165, 1.54) is 35.2 Å². The van der Waals surface area contributed by atoms with Crippen LogP contribution in [0, 0.1) is 0 Å². The number of sulfonamides is 1. The Morgan fingerprint density at radius 2 is 1.88 bits per heavy atom. The monoisotopic (exact) mass is 415 g/mol. The Hall–Kier alpha value is -2.02. The van der Waals surface area contributed by atoms with Crippen LogP contribution in [0.1, 0.15) is 18.9 Å². The predicted molar refractivity (Wildman–Crippen MR) is 99.2 cm³/mol. The van der Waals surface area contributed by atoms with Crippen molar-refractivity contribution in [2.75, 3.05) is 11.1 Å². The first kappa shape index (κ1) is 20.3. The zero-order chi connectivity index (χ0) is 19.2. The van der Waals surface area contributed by atoms with Crippen LogP contribution in [0.2, 0.25) is 0 Å². The summed E-state index contributed by atoms with van der Waals surface area (Å²) in [6.45, 7) is 2.00. The van der Waals surface area contributed by atoms with E-state index in [1.807, 2.05) is 0 Å². The van der Waals surface area contributed by atoms with Gasteiger partial charge in [0.05, 0.1) is 10.6 Å². The molecule has 140 valence electrons. The lowest BCUT2D eigenvalue weighted by Gasteiger charge is -2.05. The average molecular weight is 416 g/mol. The van der Waals surface area contributed by atoms with Crippen LogP contribution in [-0.4, -0.2) is 36.2 Å². The summed E-state index contributed by atoms with van der Waals surface area (Å²) in [5.74, 6) is -0.213. The first-order valence-electron chi connectivity index (χ1n) is 7.42. The molecule has 4 N–H and O–H groups in total. The Labute approximate surface area is 158 Å². The number of aromatic nitrogens is 2. The molecule has 1 aromatic heterocycles. The Morgan fingerprint density at radius 1 is 1.19 bits per heavy atom. The maximum Gasteiger partial charge on any atom is 0.238 e. The molecule has 12 heteroatoms. The number of nitrogens with two attached hydrogens (primary N) is 1. The molecule has 0 saturated carbocycles. The van der Waals surface area contributed by atoms with Crippen LogP contribution < -0.4 is 15.8 Å². The Morgan fingerprint density at radius 3 is 2.50 bits per heavy atom. The largest absolute Gasteiger partial charge is 0.351 e. The molecule has 1 heterocycles. The summed E-state index contributed by atoms with van der Waals surface area (Å²) in [5, 5.41) is 18.5. The van der Waals surface area contributed by atoms with Gasteiger partial charge in [-0.2, -0.15) is 0 Å². The summed E-state index contributed by atoms with van der Waals surface area (Å²) in [7, 11) is -3.73. The van der Waals surface area contributed by atoms with Gasteiger partial charge in [0.1, 0.15) is 0 Å². The quantitative estimate of drug-likeness (QED) is 0.430. The number of anilines is 1. The Bertz CT molecular complexity index is 880. The van der Waals surface area contributed by atoms with Gasteiger partial charge in [-0.25, -0.2) is 13.6 Å². The molecule has 0 unspecified atom stereocenters. The molecular weight excluding hydrogens is 398 g/mol. The second-order valence-electron chi connectivity index (χ2n) is 5.03. The number of primary sulfonamides is 1. The van der Waals surface area contributed by atoms with E-state index >= 15 is 0 Å². The molecule has 9 nitrogen and oxygen atoms in total. The molecule has 0 spiro atoms. The number of nitrogens with zero attached hydrogens (tertiary/aromatic N) is 2. The van der Waals surface area contributed by atoms with Crippen molar-refractivity contribution in [2.45, 2.75) is 29.1 Å². The number of carbonyl (C=O) groups excluding carboxylic acids is 2. The van der Waals surface area contributed by atoms with Crippen molar-refractivity contribution >= 4 is 50.1 Å². The first-order chi connectivity index (χ1) is 12.3. The van der Waals surface area contributed by atoms with Gasteiger partial charge in [0.25, 0.3) is 0 Å². The summed E-state index contributed by atoms with van der Waals surface area (Å²) in [5.41, 5.74) is 0.747. The van der Waals surface area contributed by atoms with Crippen molar-refractivity contribution in [2.24, 2.45) is 5.14 Å². The van der Waals surface area contributed by atoms with Gasteiger partial charge in [0, 0.05) is 13.0 Å². The molecular formula is C14H17N5O4S3. The van der Waals surface area contributed by atoms with E-state index in [-0.39, 0.29) is 29.0 Å². The Kier molecular flexibility index (Phi) is 7.08. The predicted octanol–water partition coefficient (Wildman–Crippen LogP) is 0.943. The highest BCUT2D eigenvalue weighted by molar-refractivity contribution is 8.01. The molecule has 26 heavy (non-hydrogen) atoms. The zero-order valence-corrected chi connectivity index (χ0v) is 16.2. The number of nitrogens with one attached hydrogen (secondary N) is 2. The molecule has 0 aliphatic carbocycles. The molecule has 2 rings (SSSR count). The van der Waals surface area contributed by atoms with Crippen molar-refractivity contribution in [1.82, 2.24) is 15.5 Å². The third-order valence-corrected chi connectivity index (χ3v) is 5.94. The van der Waals surface area contributed by atoms with Crippen LogP contribution in [-0.2, 0) is 26.2 Å². The minimum Gasteiger partial charge on any atom is -0.351 e. The fraction of sp³-hybridized carbons (Fsp3) is 0.286. The highest BCUT2D eigenvalue weighted by Crippen LogP contribution is 2.25. The lowest BCUT2D eigenvalue weighted by Crippen LogP contribution is -2.24. The van der Waals surface area contributed by atoms with Gasteiger partial charge in [0.2, 0.25) is 27.0 Å². The van der Waals surface area contributed by atoms with E-state index in [2.05, 4.69) is 20.8 Å². The Balaban J connectivity index is 1.78. The molecule has 2 amide bonds. The zero-order valence-electron chi connectivity index (χ0n) is 13.8. The SMILES string of the molecule is CCC(=O)Nc1nnc(SCC(=O)NCc2ccc(S(N)(=O)=O)cc2)s1. The molecule has 0 radical (unpaired) electrons. The number of amides is 2. The van der Waals surface area contributed by atoms with Gasteiger partial charge in [-0.15, -0.1) is 10.2 Å². The van der Waals surface area contributed by atoms with Crippen LogP contribution >= 0.6 is 23.1 Å². The van der Waals surface area contributed by atoms with Crippen molar-refractivity contribution < 1.29 is 18.0 Å². The second kappa shape index (κ2) is 9.07. The number of hydrogen-bond donors (Lipinski definition) is 3. The molecule has 0 saturated heterocycles. The molecule has 0 atom stereocenters. The van der Waals surface area contributed by atoms with E-state index in [9.17, 15) is 18.0 Å². The standard InChI is InChI=1S/C14H17N5O4S3/c1-2-11(20)17-13-18-19-14(25-13)24-8-12(21)16-7-9-3-5-10(6-4-9)26(15,22)23/h3-6H,2,7-8H2,1H3,(H,16,21)(H2,15,22,23)(H,17,18,20). The van der Waals surface area contributed by atoms with E-state index in [0.29, 0.717) is 15.9 Å². The smallest absolute Gasteiger partial charge is 0.238 e. The van der Waals surface area contributed by atoms with Crippen LogP contribution in [0.15, 0.2) is 33.5 Å². The third kappa shape index (κ3) is 6.37. The lowest BCUT2D eigenvalue weighted by molar-refractivity contribution is -0.118. The number of carbonyl (C=O) groups is 2. The van der Waals surface area contributed by atoms with E-state index in [4.69, 9.17) is 5.14 Å². The highest BCUT2D eigenvalue weighted by Gasteiger charge is 2.10. The third-order valence-electron chi connectivity index (χ3n) is 3.04. The molecule has 0 aliphatic heterocycles. The van der Waals surface area contributed by atoms with Crippen LogP contribution in [0.3, 0.4) is 0 Å². The van der Waals surface area contributed by atoms with Crippen molar-refractivity contribution in [1.29, 1.82) is 0 Å². The van der Waals surface area contributed by atoms with Gasteiger partial charge < -0.3 is 10.6 Å². The molecule has 0 aliphatic rings. The van der Waals surface area contributed by atoms with Crippen molar-refractivity contribution in [3.8, 4) is 0 Å². The number of rotatable bonds is 8. The maximum absolute atomic E-state index is 11.9. The van der Waals surface area contributed by atoms with Gasteiger partial charge in [-0.1, -0.05) is 42.2 Å². The second-order valence-corrected chi connectivity index (χ2v) is 8.79. The topological polar surface area (TPSA) is 144 Å². The summed E-state index contributed by atoms with van der Waals surface area (Å²) in [6.07, 6.45) is 0.350. The fourth-order valence-electron chi connectivity index (χ4n) is 1.70. The minimum atomic E-state index is -3.73. The number of thioether (sulfide) groups is 1. The number of benzene rings is 1. The summed E-state index contributed by atoms with van der Waals surface area (Å²) in [6, 6.07) is 5.94. The first-order valence-corrected chi connectivity index (χ1v) is 10.8. The fourth-order valence-corrected chi connectivity index (χ4v) is 3.82. The maximum atomic E-state index is 11.9. The highest BCUT2D eigenvalue weighted by atomic mass is 32.2. The van der Waals surface area contributed by atoms with E-state index < -0.39 is 10.0 Å². The van der Waals surface area contributed by atoms with E-state index in [1.54, 1.807) is 19.1 Å². The van der Waals surface area contributed by atoms with Crippen LogP contribution in [0.4, 0.5) is 5.13 Å². The van der Waals surface area contributed by atoms with Crippen LogP contribution in [0.25, 0.3) is 0 Å². The molecule has 0 bridgehead atoms. The molecule has 0 fully saturated rings. The average Bonchev–Trinajstić information content (AvgIpc) is 3.05. The summed E-state index contributed by atoms with van der Waals surface area (Å²) in [4.78, 5) is 23.2. The molecule has 2 aromatic rings. The van der Waals surface area contributed by atoms with Gasteiger partial charge in [0.15, 0.2) is 4.34 Å². The molecule has 1 aromatic carbocycles. The lowest BCUT2D eigenvalue weighted by atomic mass is 10.2. The summed E-state index contributed by atoms with van der Waals surface area (Å²) < 4.78 is 22.9. The van der Waals surface area contributed by atoms with E-state index in [0.717, 1.165) is 5.56 Å². The van der Waals surface area contributed by atoms with Crippen LogP contribution in [0.5, 0.6) is 0 Å². The van der Waals surface area contributed by atoms with Crippen molar-refractivity contribution in [3.05, 3.63) is 29.8 Å². The summed E-state index contributed by atoms with van der Waals surface area (Å²) >= 11 is 2.41. The van der Waals surface area contributed by atoms with Crippen molar-refractivity contribution in [3.63, 3.8) is 0 Å². The number of hydrogen-bond acceptors (Lipinski definition) is 8. The normalized spacial score (nSPS) is 11.2. The van der Waals surface area contributed by atoms with Gasteiger partial charge in [-0.3, -0.25) is 9.59 Å². The van der Waals surface area contributed by atoms with Gasteiger partial charge in [-0.05, 0) is 17.7 Å².